The van der Waals surface area contributed by atoms with Gasteiger partial charge in [-0.2, -0.15) is 4.31 Å². The molecule has 156 valence electrons. The molecule has 0 spiro atoms. The first-order valence-corrected chi connectivity index (χ1v) is 11.8. The Labute approximate surface area is 174 Å². The van der Waals surface area contributed by atoms with Crippen LogP contribution in [0.25, 0.3) is 0 Å². The molecule has 0 unspecified atom stereocenters. The standard InChI is InChI=1S/C20H24N2O5S2/c1-3-27-20(24)16-6-7-17(14(2)13-16)21-19(23)15-8-10-22(11-9-15)29(25,26)18-5-4-12-28-18/h4-7,12-13,15H,3,8-11H2,1-2H3,(H,21,23). The van der Waals surface area contributed by atoms with Crippen LogP contribution >= 0.6 is 11.3 Å². The molecule has 1 saturated heterocycles. The lowest BCUT2D eigenvalue weighted by Crippen LogP contribution is -2.41. The topological polar surface area (TPSA) is 92.8 Å². The van der Waals surface area contributed by atoms with E-state index in [9.17, 15) is 18.0 Å². The maximum absolute atomic E-state index is 12.7. The van der Waals surface area contributed by atoms with Crippen LogP contribution in [0, 0.1) is 12.8 Å². The molecule has 0 radical (unpaired) electrons. The van der Waals surface area contributed by atoms with Gasteiger partial charge in [0.15, 0.2) is 0 Å². The largest absolute Gasteiger partial charge is 0.462 e. The van der Waals surface area contributed by atoms with Crippen LogP contribution in [0.3, 0.4) is 0 Å². The van der Waals surface area contributed by atoms with Crippen molar-refractivity contribution in [3.63, 3.8) is 0 Å². The van der Waals surface area contributed by atoms with E-state index < -0.39 is 16.0 Å². The molecule has 2 heterocycles. The van der Waals surface area contributed by atoms with E-state index in [-0.39, 0.29) is 11.8 Å². The molecule has 2 aromatic rings. The van der Waals surface area contributed by atoms with Crippen molar-refractivity contribution < 1.29 is 22.7 Å². The van der Waals surface area contributed by atoms with Gasteiger partial charge in [0.1, 0.15) is 4.21 Å². The molecule has 1 aromatic heterocycles. The van der Waals surface area contributed by atoms with Crippen molar-refractivity contribution in [1.82, 2.24) is 4.31 Å². The van der Waals surface area contributed by atoms with Gasteiger partial charge in [-0.3, -0.25) is 4.79 Å². The van der Waals surface area contributed by atoms with Crippen LogP contribution in [-0.4, -0.2) is 44.3 Å². The van der Waals surface area contributed by atoms with Gasteiger partial charge in [-0.1, -0.05) is 6.07 Å². The number of nitrogens with one attached hydrogen (secondary N) is 1. The summed E-state index contributed by atoms with van der Waals surface area (Å²) in [6.07, 6.45) is 0.937. The maximum Gasteiger partial charge on any atom is 0.338 e. The van der Waals surface area contributed by atoms with Gasteiger partial charge in [0.25, 0.3) is 10.0 Å². The number of hydrogen-bond donors (Lipinski definition) is 1. The van der Waals surface area contributed by atoms with E-state index in [0.29, 0.717) is 48.0 Å². The van der Waals surface area contributed by atoms with Crippen molar-refractivity contribution in [2.45, 2.75) is 30.9 Å². The minimum absolute atomic E-state index is 0.134. The molecule has 1 amide bonds. The molecule has 1 aliphatic heterocycles. The Kier molecular flexibility index (Phi) is 6.71. The minimum Gasteiger partial charge on any atom is -0.462 e. The normalized spacial score (nSPS) is 15.8. The van der Waals surface area contributed by atoms with E-state index in [1.54, 1.807) is 42.6 Å². The zero-order valence-corrected chi connectivity index (χ0v) is 18.0. The quantitative estimate of drug-likeness (QED) is 0.702. The summed E-state index contributed by atoms with van der Waals surface area (Å²) in [4.78, 5) is 24.5. The zero-order chi connectivity index (χ0) is 21.0. The van der Waals surface area contributed by atoms with E-state index in [0.717, 1.165) is 5.56 Å². The van der Waals surface area contributed by atoms with E-state index in [4.69, 9.17) is 4.74 Å². The van der Waals surface area contributed by atoms with Crippen LogP contribution in [-0.2, 0) is 19.6 Å². The van der Waals surface area contributed by atoms with Gasteiger partial charge >= 0.3 is 5.97 Å². The van der Waals surface area contributed by atoms with E-state index in [2.05, 4.69) is 5.32 Å². The summed E-state index contributed by atoms with van der Waals surface area (Å²) in [6.45, 7) is 4.50. The summed E-state index contributed by atoms with van der Waals surface area (Å²) in [7, 11) is -3.47. The van der Waals surface area contributed by atoms with E-state index >= 15 is 0 Å². The molecule has 3 rings (SSSR count). The van der Waals surface area contributed by atoms with Crippen molar-refractivity contribution in [2.24, 2.45) is 5.92 Å². The van der Waals surface area contributed by atoms with Crippen LogP contribution in [0.5, 0.6) is 0 Å². The first-order valence-electron chi connectivity index (χ1n) is 9.45. The molecular weight excluding hydrogens is 412 g/mol. The van der Waals surface area contributed by atoms with Crippen LogP contribution in [0.1, 0.15) is 35.7 Å². The fourth-order valence-corrected chi connectivity index (χ4v) is 5.89. The Balaban J connectivity index is 1.59. The number of carbonyl (C=O) groups excluding carboxylic acids is 2. The van der Waals surface area contributed by atoms with Crippen molar-refractivity contribution in [3.05, 3.63) is 46.8 Å². The second-order valence-electron chi connectivity index (χ2n) is 6.85. The summed E-state index contributed by atoms with van der Waals surface area (Å²) in [5.74, 6) is -0.785. The van der Waals surface area contributed by atoms with Gasteiger partial charge < -0.3 is 10.1 Å². The van der Waals surface area contributed by atoms with Gasteiger partial charge in [0.05, 0.1) is 12.2 Å². The molecule has 1 aromatic carbocycles. The monoisotopic (exact) mass is 436 g/mol. The summed E-state index contributed by atoms with van der Waals surface area (Å²) in [5.41, 5.74) is 1.84. The number of nitrogens with zero attached hydrogens (tertiary/aromatic N) is 1. The minimum atomic E-state index is -3.47. The number of anilines is 1. The molecule has 9 heteroatoms. The number of hydrogen-bond acceptors (Lipinski definition) is 6. The van der Waals surface area contributed by atoms with E-state index in [1.165, 1.54) is 15.6 Å². The van der Waals surface area contributed by atoms with Crippen LogP contribution in [0.15, 0.2) is 39.9 Å². The number of aryl methyl sites for hydroxylation is 1. The average molecular weight is 437 g/mol. The summed E-state index contributed by atoms with van der Waals surface area (Å²) in [6, 6.07) is 8.31. The molecule has 0 saturated carbocycles. The lowest BCUT2D eigenvalue weighted by molar-refractivity contribution is -0.120. The Hall–Kier alpha value is -2.23. The first-order chi connectivity index (χ1) is 13.8. The predicted molar refractivity (Wildman–Crippen MR) is 112 cm³/mol. The smallest absolute Gasteiger partial charge is 0.338 e. The molecule has 0 aliphatic carbocycles. The molecule has 0 bridgehead atoms. The Morgan fingerprint density at radius 2 is 1.97 bits per heavy atom. The average Bonchev–Trinajstić information content (AvgIpc) is 3.25. The molecule has 29 heavy (non-hydrogen) atoms. The SMILES string of the molecule is CCOC(=O)c1ccc(NC(=O)C2CCN(S(=O)(=O)c3cccs3)CC2)c(C)c1. The highest BCUT2D eigenvalue weighted by molar-refractivity contribution is 7.91. The number of rotatable bonds is 6. The first kappa shape index (κ1) is 21.5. The second-order valence-corrected chi connectivity index (χ2v) is 9.96. The van der Waals surface area contributed by atoms with Crippen molar-refractivity contribution in [2.75, 3.05) is 25.0 Å². The Morgan fingerprint density at radius 1 is 1.24 bits per heavy atom. The molecule has 1 fully saturated rings. The number of piperidine rings is 1. The van der Waals surface area contributed by atoms with Gasteiger partial charge in [-0.15, -0.1) is 11.3 Å². The Bertz CT molecular complexity index is 978. The van der Waals surface area contributed by atoms with Gasteiger partial charge in [-0.25, -0.2) is 13.2 Å². The molecular formula is C20H24N2O5S2. The lowest BCUT2D eigenvalue weighted by Gasteiger charge is -2.30. The summed E-state index contributed by atoms with van der Waals surface area (Å²) < 4.78 is 31.9. The van der Waals surface area contributed by atoms with Gasteiger partial charge in [0, 0.05) is 24.7 Å². The molecule has 7 nitrogen and oxygen atoms in total. The summed E-state index contributed by atoms with van der Waals surface area (Å²) >= 11 is 1.20. The fraction of sp³-hybridized carbons (Fsp3) is 0.400. The van der Waals surface area contributed by atoms with Crippen molar-refractivity contribution >= 4 is 38.9 Å². The maximum atomic E-state index is 12.7. The van der Waals surface area contributed by atoms with Gasteiger partial charge in [0.2, 0.25) is 5.91 Å². The third-order valence-electron chi connectivity index (χ3n) is 4.91. The highest BCUT2D eigenvalue weighted by Crippen LogP contribution is 2.27. The third-order valence-corrected chi connectivity index (χ3v) is 8.18. The van der Waals surface area contributed by atoms with Crippen LogP contribution in [0.4, 0.5) is 5.69 Å². The van der Waals surface area contributed by atoms with Gasteiger partial charge in [-0.05, 0) is 61.9 Å². The van der Waals surface area contributed by atoms with Crippen LogP contribution < -0.4 is 5.32 Å². The number of carbonyl (C=O) groups is 2. The number of benzene rings is 1. The number of esters is 1. The third kappa shape index (κ3) is 4.85. The van der Waals surface area contributed by atoms with E-state index in [1.807, 2.05) is 6.92 Å². The fourth-order valence-electron chi connectivity index (χ4n) is 3.28. The number of ether oxygens (including phenoxy) is 1. The summed E-state index contributed by atoms with van der Waals surface area (Å²) in [5, 5.41) is 4.64. The van der Waals surface area contributed by atoms with Crippen LogP contribution in [0.2, 0.25) is 0 Å². The Morgan fingerprint density at radius 3 is 2.55 bits per heavy atom. The highest BCUT2D eigenvalue weighted by atomic mass is 32.2. The lowest BCUT2D eigenvalue weighted by atomic mass is 9.97. The zero-order valence-electron chi connectivity index (χ0n) is 16.4. The number of thiophene rings is 1. The molecule has 0 atom stereocenters. The van der Waals surface area contributed by atoms with Crippen molar-refractivity contribution in [3.8, 4) is 0 Å². The molecule has 1 aliphatic rings. The molecule has 1 N–H and O–H groups in total. The number of amides is 1. The number of sulfonamides is 1. The van der Waals surface area contributed by atoms with Crippen molar-refractivity contribution in [1.29, 1.82) is 0 Å². The highest BCUT2D eigenvalue weighted by Gasteiger charge is 2.32. The predicted octanol–water partition coefficient (Wildman–Crippen LogP) is 3.27. The second kappa shape index (κ2) is 9.06.